The molecular weight excluding hydrogens is 326 g/mol. The molecule has 8 heteroatoms. The lowest BCUT2D eigenvalue weighted by molar-refractivity contribution is 0.826. The summed E-state index contributed by atoms with van der Waals surface area (Å²) >= 11 is 6.14. The summed E-state index contributed by atoms with van der Waals surface area (Å²) < 4.78 is 1.58. The number of nitrogens with two attached hydrogens (primary N) is 1. The highest BCUT2D eigenvalue weighted by atomic mass is 35.5. The highest BCUT2D eigenvalue weighted by molar-refractivity contribution is 6.29. The summed E-state index contributed by atoms with van der Waals surface area (Å²) in [4.78, 5) is 8.74. The van der Waals surface area contributed by atoms with Crippen molar-refractivity contribution in [3.63, 3.8) is 0 Å². The Morgan fingerprint density at radius 1 is 1.04 bits per heavy atom. The summed E-state index contributed by atoms with van der Waals surface area (Å²) in [5.74, 6) is 0.263. The van der Waals surface area contributed by atoms with Crippen molar-refractivity contribution in [1.29, 1.82) is 0 Å². The largest absolute Gasteiger partial charge is 0.380 e. The van der Waals surface area contributed by atoms with Gasteiger partial charge in [-0.25, -0.2) is 9.97 Å². The number of anilines is 1. The monoisotopic (exact) mass is 337 g/mol. The molecule has 4 rings (SSSR count). The molecule has 0 amide bonds. The molecule has 0 saturated carbocycles. The molecule has 4 aromatic rings. The lowest BCUT2D eigenvalue weighted by Gasteiger charge is -2.12. The predicted molar refractivity (Wildman–Crippen MR) is 91.4 cm³/mol. The van der Waals surface area contributed by atoms with Crippen LogP contribution in [0.25, 0.3) is 28.2 Å². The standard InChI is InChI=1S/C16H12ClN7/c1-9-7-11(8-12(17)19-9)14-13(10-5-3-2-4-6-10)20-15(18)16-21-22-23-24(14)16/h2-8H,1H3,(H2,18,20). The van der Waals surface area contributed by atoms with E-state index in [9.17, 15) is 0 Å². The number of nitrogens with zero attached hydrogens (tertiary/aromatic N) is 6. The third kappa shape index (κ3) is 2.35. The molecule has 0 radical (unpaired) electrons. The van der Waals surface area contributed by atoms with E-state index in [2.05, 4.69) is 25.5 Å². The van der Waals surface area contributed by atoms with Crippen molar-refractivity contribution in [2.24, 2.45) is 0 Å². The first-order valence-electron chi connectivity index (χ1n) is 7.21. The number of benzene rings is 1. The van der Waals surface area contributed by atoms with Crippen molar-refractivity contribution in [1.82, 2.24) is 30.0 Å². The maximum Gasteiger partial charge on any atom is 0.222 e. The molecular formula is C16H12ClN7. The number of rotatable bonds is 2. The molecule has 1 aromatic carbocycles. The summed E-state index contributed by atoms with van der Waals surface area (Å²) in [6, 6.07) is 13.4. The van der Waals surface area contributed by atoms with E-state index >= 15 is 0 Å². The first kappa shape index (κ1) is 14.5. The van der Waals surface area contributed by atoms with Gasteiger partial charge in [0, 0.05) is 16.8 Å². The number of halogens is 1. The van der Waals surface area contributed by atoms with Crippen molar-refractivity contribution in [3.8, 4) is 22.5 Å². The van der Waals surface area contributed by atoms with Gasteiger partial charge in [-0.05, 0) is 29.5 Å². The average molecular weight is 338 g/mol. The minimum atomic E-state index is 0.263. The zero-order chi connectivity index (χ0) is 16.7. The van der Waals surface area contributed by atoms with E-state index in [-0.39, 0.29) is 5.82 Å². The maximum atomic E-state index is 6.14. The van der Waals surface area contributed by atoms with Gasteiger partial charge in [-0.1, -0.05) is 41.9 Å². The number of nitrogen functional groups attached to an aromatic ring is 1. The number of hydrogen-bond donors (Lipinski definition) is 1. The lowest BCUT2D eigenvalue weighted by atomic mass is 10.0. The fourth-order valence-electron chi connectivity index (χ4n) is 2.64. The van der Waals surface area contributed by atoms with Crippen LogP contribution in [0.4, 0.5) is 5.82 Å². The summed E-state index contributed by atoms with van der Waals surface area (Å²) in [6.45, 7) is 1.87. The molecule has 0 aliphatic rings. The third-order valence-electron chi connectivity index (χ3n) is 3.61. The second-order valence-electron chi connectivity index (χ2n) is 5.29. The lowest BCUT2D eigenvalue weighted by Crippen LogP contribution is -2.05. The van der Waals surface area contributed by atoms with E-state index in [4.69, 9.17) is 17.3 Å². The molecule has 3 aromatic heterocycles. The fraction of sp³-hybridized carbons (Fsp3) is 0.0625. The SMILES string of the molecule is Cc1cc(-c2c(-c3ccccc3)nc(N)c3nnnn23)cc(Cl)n1. The molecule has 3 heterocycles. The Kier molecular flexibility index (Phi) is 3.35. The Balaban J connectivity index is 2.12. The number of fused-ring (bicyclic) bond motifs is 1. The van der Waals surface area contributed by atoms with Crippen molar-refractivity contribution in [2.75, 3.05) is 5.73 Å². The normalized spacial score (nSPS) is 11.1. The minimum absolute atomic E-state index is 0.263. The molecule has 0 unspecified atom stereocenters. The third-order valence-corrected chi connectivity index (χ3v) is 3.80. The van der Waals surface area contributed by atoms with Crippen LogP contribution in [-0.4, -0.2) is 30.0 Å². The van der Waals surface area contributed by atoms with Crippen LogP contribution in [0.15, 0.2) is 42.5 Å². The average Bonchev–Trinajstić information content (AvgIpc) is 3.04. The minimum Gasteiger partial charge on any atom is -0.380 e. The van der Waals surface area contributed by atoms with Gasteiger partial charge in [0.05, 0.1) is 5.69 Å². The highest BCUT2D eigenvalue weighted by Gasteiger charge is 2.19. The highest BCUT2D eigenvalue weighted by Crippen LogP contribution is 2.33. The Morgan fingerprint density at radius 2 is 1.83 bits per heavy atom. The van der Waals surface area contributed by atoms with Gasteiger partial charge in [0.1, 0.15) is 10.8 Å². The van der Waals surface area contributed by atoms with Gasteiger partial charge in [0.25, 0.3) is 0 Å². The Labute approximate surface area is 142 Å². The molecule has 0 saturated heterocycles. The van der Waals surface area contributed by atoms with Gasteiger partial charge in [-0.15, -0.1) is 5.10 Å². The predicted octanol–water partition coefficient (Wildman–Crippen LogP) is 2.79. The molecule has 0 spiro atoms. The van der Waals surface area contributed by atoms with Crippen molar-refractivity contribution < 1.29 is 0 Å². The van der Waals surface area contributed by atoms with Crippen LogP contribution in [0.1, 0.15) is 5.69 Å². The number of hydrogen-bond acceptors (Lipinski definition) is 6. The van der Waals surface area contributed by atoms with E-state index in [1.54, 1.807) is 10.6 Å². The summed E-state index contributed by atoms with van der Waals surface area (Å²) in [5, 5.41) is 12.1. The number of aryl methyl sites for hydroxylation is 1. The maximum absolute atomic E-state index is 6.14. The number of tetrazole rings is 1. The van der Waals surface area contributed by atoms with Gasteiger partial charge < -0.3 is 5.73 Å². The first-order chi connectivity index (χ1) is 11.6. The van der Waals surface area contributed by atoms with Crippen molar-refractivity contribution in [2.45, 2.75) is 6.92 Å². The van der Waals surface area contributed by atoms with Crippen LogP contribution in [0.2, 0.25) is 5.15 Å². The van der Waals surface area contributed by atoms with Crippen molar-refractivity contribution >= 4 is 23.1 Å². The summed E-state index contributed by atoms with van der Waals surface area (Å²) in [6.07, 6.45) is 0. The van der Waals surface area contributed by atoms with Gasteiger partial charge in [0.2, 0.25) is 5.65 Å². The van der Waals surface area contributed by atoms with E-state index < -0.39 is 0 Å². The quantitative estimate of drug-likeness (QED) is 0.565. The molecule has 2 N–H and O–H groups in total. The van der Waals surface area contributed by atoms with E-state index in [1.807, 2.05) is 43.3 Å². The summed E-state index contributed by atoms with van der Waals surface area (Å²) in [5.41, 5.74) is 10.3. The van der Waals surface area contributed by atoms with E-state index in [0.717, 1.165) is 16.8 Å². The molecule has 0 aliphatic carbocycles. The van der Waals surface area contributed by atoms with Gasteiger partial charge in [-0.2, -0.15) is 4.52 Å². The van der Waals surface area contributed by atoms with Crippen LogP contribution in [0.3, 0.4) is 0 Å². The summed E-state index contributed by atoms with van der Waals surface area (Å²) in [7, 11) is 0. The number of aromatic nitrogens is 6. The topological polar surface area (TPSA) is 94.9 Å². The Hall–Kier alpha value is -3.06. The smallest absolute Gasteiger partial charge is 0.222 e. The Bertz CT molecular complexity index is 1020. The molecule has 0 aliphatic heterocycles. The zero-order valence-electron chi connectivity index (χ0n) is 12.7. The molecule has 0 bridgehead atoms. The van der Waals surface area contributed by atoms with Crippen molar-refractivity contribution in [3.05, 3.63) is 53.3 Å². The number of pyridine rings is 1. The van der Waals surface area contributed by atoms with Crippen LogP contribution in [0, 0.1) is 6.92 Å². The second-order valence-corrected chi connectivity index (χ2v) is 5.68. The van der Waals surface area contributed by atoms with Gasteiger partial charge in [-0.3, -0.25) is 0 Å². The van der Waals surface area contributed by atoms with Crippen LogP contribution >= 0.6 is 11.6 Å². The van der Waals surface area contributed by atoms with Crippen LogP contribution < -0.4 is 5.73 Å². The first-order valence-corrected chi connectivity index (χ1v) is 7.59. The van der Waals surface area contributed by atoms with Crippen LogP contribution in [0.5, 0.6) is 0 Å². The molecule has 0 atom stereocenters. The van der Waals surface area contributed by atoms with Crippen LogP contribution in [-0.2, 0) is 0 Å². The van der Waals surface area contributed by atoms with Gasteiger partial charge in [0.15, 0.2) is 5.82 Å². The Morgan fingerprint density at radius 3 is 2.58 bits per heavy atom. The van der Waals surface area contributed by atoms with E-state index in [1.165, 1.54) is 0 Å². The fourth-order valence-corrected chi connectivity index (χ4v) is 2.89. The second kappa shape index (κ2) is 5.54. The molecule has 118 valence electrons. The molecule has 0 fully saturated rings. The van der Waals surface area contributed by atoms with E-state index in [0.29, 0.717) is 22.2 Å². The molecule has 7 nitrogen and oxygen atoms in total. The molecule has 24 heavy (non-hydrogen) atoms. The van der Waals surface area contributed by atoms with Gasteiger partial charge >= 0.3 is 0 Å². The zero-order valence-corrected chi connectivity index (χ0v) is 13.4.